The van der Waals surface area contributed by atoms with Crippen molar-refractivity contribution in [1.29, 1.82) is 0 Å². The SMILES string of the molecule is CCc1cc2c3c([nH]c2cc1S(=O)(=O)Nc1ccc(OC)c(Cl)c1)CCCC3=O. The lowest BCUT2D eigenvalue weighted by Gasteiger charge is -2.13. The summed E-state index contributed by atoms with van der Waals surface area (Å²) in [6, 6.07) is 8.15. The van der Waals surface area contributed by atoms with Gasteiger partial charge in [-0.3, -0.25) is 9.52 Å². The molecular weight excluding hydrogens is 412 g/mol. The minimum atomic E-state index is -3.85. The molecule has 1 aromatic heterocycles. The normalized spacial score (nSPS) is 14.1. The molecule has 1 aliphatic rings. The van der Waals surface area contributed by atoms with E-state index in [9.17, 15) is 13.2 Å². The first kappa shape index (κ1) is 19.8. The van der Waals surface area contributed by atoms with Gasteiger partial charge in [0.1, 0.15) is 5.75 Å². The topological polar surface area (TPSA) is 88.3 Å². The highest BCUT2D eigenvalue weighted by Gasteiger charge is 2.26. The number of nitrogens with one attached hydrogen (secondary N) is 2. The number of ether oxygens (including phenoxy) is 1. The fraction of sp³-hybridized carbons (Fsp3) is 0.286. The first-order valence-electron chi connectivity index (χ1n) is 9.41. The Labute approximate surface area is 174 Å². The molecule has 0 aliphatic heterocycles. The van der Waals surface area contributed by atoms with E-state index in [2.05, 4.69) is 9.71 Å². The highest BCUT2D eigenvalue weighted by atomic mass is 35.5. The minimum absolute atomic E-state index is 0.112. The van der Waals surface area contributed by atoms with Gasteiger partial charge in [0, 0.05) is 28.6 Å². The van der Waals surface area contributed by atoms with Crippen LogP contribution in [-0.2, 0) is 22.9 Å². The Bertz CT molecular complexity index is 1230. The Morgan fingerprint density at radius 1 is 1.21 bits per heavy atom. The van der Waals surface area contributed by atoms with Crippen LogP contribution in [0.4, 0.5) is 5.69 Å². The molecule has 0 radical (unpaired) electrons. The van der Waals surface area contributed by atoms with E-state index in [4.69, 9.17) is 16.3 Å². The molecule has 4 rings (SSSR count). The van der Waals surface area contributed by atoms with Gasteiger partial charge < -0.3 is 9.72 Å². The summed E-state index contributed by atoms with van der Waals surface area (Å²) in [5, 5.41) is 1.11. The molecule has 1 heterocycles. The van der Waals surface area contributed by atoms with Gasteiger partial charge in [-0.25, -0.2) is 8.42 Å². The number of carbonyl (C=O) groups excluding carboxylic acids is 1. The number of ketones is 1. The maximum atomic E-state index is 13.1. The molecule has 0 atom stereocenters. The van der Waals surface area contributed by atoms with Gasteiger partial charge in [-0.1, -0.05) is 18.5 Å². The van der Waals surface area contributed by atoms with E-state index in [-0.39, 0.29) is 10.7 Å². The van der Waals surface area contributed by atoms with Gasteiger partial charge in [-0.15, -0.1) is 0 Å². The van der Waals surface area contributed by atoms with Gasteiger partial charge in [0.2, 0.25) is 0 Å². The van der Waals surface area contributed by atoms with Gasteiger partial charge >= 0.3 is 0 Å². The molecule has 3 aromatic rings. The number of aromatic nitrogens is 1. The number of Topliss-reactive ketones (excluding diaryl/α,β-unsaturated/α-hetero) is 1. The predicted octanol–water partition coefficient (Wildman–Crippen LogP) is 4.71. The molecule has 1 aliphatic carbocycles. The number of methoxy groups -OCH3 is 1. The van der Waals surface area contributed by atoms with Crippen molar-refractivity contribution in [2.75, 3.05) is 11.8 Å². The first-order chi connectivity index (χ1) is 13.8. The van der Waals surface area contributed by atoms with Crippen molar-refractivity contribution in [3.05, 3.63) is 52.2 Å². The molecule has 8 heteroatoms. The third-order valence-corrected chi connectivity index (χ3v) is 7.00. The van der Waals surface area contributed by atoms with Crippen LogP contribution in [0.2, 0.25) is 5.02 Å². The smallest absolute Gasteiger partial charge is 0.262 e. The Hall–Kier alpha value is -2.51. The largest absolute Gasteiger partial charge is 0.495 e. The molecule has 0 saturated carbocycles. The summed E-state index contributed by atoms with van der Waals surface area (Å²) in [6.07, 6.45) is 2.65. The van der Waals surface area contributed by atoms with Crippen LogP contribution in [0.1, 0.15) is 41.4 Å². The first-order valence-corrected chi connectivity index (χ1v) is 11.3. The van der Waals surface area contributed by atoms with Crippen LogP contribution in [0.5, 0.6) is 5.75 Å². The lowest BCUT2D eigenvalue weighted by molar-refractivity contribution is 0.0974. The molecular formula is C21H21ClN2O4S. The fourth-order valence-corrected chi connectivity index (χ4v) is 5.47. The van der Waals surface area contributed by atoms with E-state index in [0.29, 0.717) is 45.9 Å². The number of rotatable bonds is 5. The maximum absolute atomic E-state index is 13.1. The van der Waals surface area contributed by atoms with Crippen LogP contribution < -0.4 is 9.46 Å². The number of anilines is 1. The number of aromatic amines is 1. The highest BCUT2D eigenvalue weighted by Crippen LogP contribution is 2.34. The van der Waals surface area contributed by atoms with Crippen LogP contribution in [0, 0.1) is 0 Å². The molecule has 2 aromatic carbocycles. The van der Waals surface area contributed by atoms with E-state index in [0.717, 1.165) is 23.9 Å². The third-order valence-electron chi connectivity index (χ3n) is 5.24. The highest BCUT2D eigenvalue weighted by molar-refractivity contribution is 7.92. The summed E-state index contributed by atoms with van der Waals surface area (Å²) in [5.41, 5.74) is 3.27. The second kappa shape index (κ2) is 7.39. The van der Waals surface area contributed by atoms with Crippen molar-refractivity contribution in [1.82, 2.24) is 4.98 Å². The van der Waals surface area contributed by atoms with Crippen LogP contribution in [-0.4, -0.2) is 26.3 Å². The summed E-state index contributed by atoms with van der Waals surface area (Å²) >= 11 is 6.12. The van der Waals surface area contributed by atoms with Crippen LogP contribution >= 0.6 is 11.6 Å². The number of benzene rings is 2. The summed E-state index contributed by atoms with van der Waals surface area (Å²) < 4.78 is 34.0. The quantitative estimate of drug-likeness (QED) is 0.611. The van der Waals surface area contributed by atoms with Crippen molar-refractivity contribution >= 4 is 44.0 Å². The van der Waals surface area contributed by atoms with E-state index in [1.807, 2.05) is 13.0 Å². The zero-order valence-electron chi connectivity index (χ0n) is 16.1. The zero-order valence-corrected chi connectivity index (χ0v) is 17.7. The Morgan fingerprint density at radius 3 is 2.69 bits per heavy atom. The molecule has 29 heavy (non-hydrogen) atoms. The van der Waals surface area contributed by atoms with Crippen molar-refractivity contribution in [2.24, 2.45) is 0 Å². The third kappa shape index (κ3) is 3.49. The monoisotopic (exact) mass is 432 g/mol. The molecule has 0 unspecified atom stereocenters. The van der Waals surface area contributed by atoms with E-state index >= 15 is 0 Å². The lowest BCUT2D eigenvalue weighted by atomic mass is 9.94. The van der Waals surface area contributed by atoms with Crippen molar-refractivity contribution in [2.45, 2.75) is 37.5 Å². The number of halogens is 1. The number of aryl methyl sites for hydroxylation is 2. The molecule has 0 amide bonds. The summed E-state index contributed by atoms with van der Waals surface area (Å²) in [5.74, 6) is 0.577. The molecule has 6 nitrogen and oxygen atoms in total. The lowest BCUT2D eigenvalue weighted by Crippen LogP contribution is -2.15. The maximum Gasteiger partial charge on any atom is 0.262 e. The Balaban J connectivity index is 1.79. The Kier molecular flexibility index (Phi) is 5.04. The van der Waals surface area contributed by atoms with E-state index in [1.165, 1.54) is 13.2 Å². The van der Waals surface area contributed by atoms with Crippen LogP contribution in [0.3, 0.4) is 0 Å². The van der Waals surface area contributed by atoms with Crippen LogP contribution in [0.25, 0.3) is 10.9 Å². The van der Waals surface area contributed by atoms with Gasteiger partial charge in [0.25, 0.3) is 10.0 Å². The van der Waals surface area contributed by atoms with Gasteiger partial charge in [-0.05, 0) is 55.2 Å². The summed E-state index contributed by atoms with van der Waals surface area (Å²) in [7, 11) is -2.36. The number of carbonyl (C=O) groups is 1. The standard InChI is InChI=1S/C21H21ClN2O4S/c1-3-12-9-14-17(23-16-5-4-6-18(25)21(14)16)11-20(12)29(26,27)24-13-7-8-19(28-2)15(22)10-13/h7-11,23-24H,3-6H2,1-2H3. The average molecular weight is 433 g/mol. The van der Waals surface area contributed by atoms with Crippen molar-refractivity contribution in [3.63, 3.8) is 0 Å². The number of H-pyrrole nitrogens is 1. The zero-order chi connectivity index (χ0) is 20.8. The molecule has 152 valence electrons. The second-order valence-electron chi connectivity index (χ2n) is 7.07. The minimum Gasteiger partial charge on any atom is -0.495 e. The van der Waals surface area contributed by atoms with Crippen LogP contribution in [0.15, 0.2) is 35.2 Å². The fourth-order valence-electron chi connectivity index (χ4n) is 3.85. The van der Waals surface area contributed by atoms with Gasteiger partial charge in [-0.2, -0.15) is 0 Å². The van der Waals surface area contributed by atoms with E-state index < -0.39 is 10.0 Å². The molecule has 0 saturated heterocycles. The molecule has 2 N–H and O–H groups in total. The van der Waals surface area contributed by atoms with Crippen molar-refractivity contribution in [3.8, 4) is 5.75 Å². The molecule has 0 bridgehead atoms. The number of sulfonamides is 1. The second-order valence-corrected chi connectivity index (χ2v) is 9.13. The Morgan fingerprint density at radius 2 is 2.00 bits per heavy atom. The van der Waals surface area contributed by atoms with Crippen molar-refractivity contribution < 1.29 is 17.9 Å². The average Bonchev–Trinajstić information content (AvgIpc) is 3.05. The van der Waals surface area contributed by atoms with E-state index in [1.54, 1.807) is 18.2 Å². The van der Waals surface area contributed by atoms with Gasteiger partial charge in [0.15, 0.2) is 5.78 Å². The number of hydrogen-bond acceptors (Lipinski definition) is 4. The number of hydrogen-bond donors (Lipinski definition) is 2. The molecule has 0 spiro atoms. The molecule has 0 fully saturated rings. The summed E-state index contributed by atoms with van der Waals surface area (Å²) in [4.78, 5) is 15.8. The van der Waals surface area contributed by atoms with Gasteiger partial charge in [0.05, 0.1) is 22.7 Å². The predicted molar refractivity (Wildman–Crippen MR) is 114 cm³/mol. The number of fused-ring (bicyclic) bond motifs is 3. The summed E-state index contributed by atoms with van der Waals surface area (Å²) in [6.45, 7) is 1.89.